The second-order valence-electron chi connectivity index (χ2n) is 23.2. The summed E-state index contributed by atoms with van der Waals surface area (Å²) in [5, 5.41) is 120. The van der Waals surface area contributed by atoms with Crippen molar-refractivity contribution in [1.82, 2.24) is 5.32 Å². The molecular formula is C61H115NO18. The van der Waals surface area contributed by atoms with E-state index in [-0.39, 0.29) is 18.9 Å². The molecule has 3 saturated heterocycles. The highest BCUT2D eigenvalue weighted by Gasteiger charge is 2.53. The highest BCUT2D eigenvalue weighted by Crippen LogP contribution is 2.33. The predicted molar refractivity (Wildman–Crippen MR) is 305 cm³/mol. The lowest BCUT2D eigenvalue weighted by atomic mass is 9.96. The van der Waals surface area contributed by atoms with Gasteiger partial charge in [-0.1, -0.05) is 206 Å². The number of ether oxygens (including phenoxy) is 6. The molecule has 0 aliphatic carbocycles. The quantitative estimate of drug-likeness (QED) is 0.0227. The summed E-state index contributed by atoms with van der Waals surface area (Å²) in [4.78, 5) is 13.3. The molecule has 0 aromatic rings. The van der Waals surface area contributed by atoms with Gasteiger partial charge in [-0.25, -0.2) is 0 Å². The summed E-state index contributed by atoms with van der Waals surface area (Å²) in [6.07, 6.45) is 18.9. The Balaban J connectivity index is 1.41. The molecule has 472 valence electrons. The Bertz CT molecular complexity index is 1510. The van der Waals surface area contributed by atoms with E-state index in [0.29, 0.717) is 12.8 Å². The van der Waals surface area contributed by atoms with Gasteiger partial charge in [-0.3, -0.25) is 4.79 Å². The minimum absolute atomic E-state index is 0.242. The number of aliphatic hydroxyl groups is 11. The number of rotatable bonds is 48. The van der Waals surface area contributed by atoms with Crippen molar-refractivity contribution in [1.29, 1.82) is 0 Å². The maximum atomic E-state index is 13.3. The summed E-state index contributed by atoms with van der Waals surface area (Å²) in [6.45, 7) is 1.78. The van der Waals surface area contributed by atoms with Crippen molar-refractivity contribution in [2.24, 2.45) is 0 Å². The van der Waals surface area contributed by atoms with Crippen LogP contribution >= 0.6 is 0 Å². The lowest BCUT2D eigenvalue weighted by Gasteiger charge is -2.48. The summed E-state index contributed by atoms with van der Waals surface area (Å²) < 4.78 is 34.3. The van der Waals surface area contributed by atoms with Crippen molar-refractivity contribution in [3.63, 3.8) is 0 Å². The fourth-order valence-electron chi connectivity index (χ4n) is 11.1. The third-order valence-electron chi connectivity index (χ3n) is 16.3. The standard InChI is InChI=1S/C61H115NO18/c1-3-5-7-9-11-13-15-16-17-18-19-20-21-22-23-24-25-26-27-28-29-31-33-35-37-39-49(67)62-44(45(66)38-36-34-32-30-14-12-10-8-6-4-2)43-75-59-55(73)52(70)57(47(41-64)77-59)80-61-56(74)53(71)58(48(42-65)78-61)79-60-54(72)51(69)50(68)46(40-63)76-60/h18-19,44-48,50-61,63-66,68-74H,3-17,20-43H2,1-2H3,(H,62,67)/b19-18-. The Morgan fingerprint density at radius 3 is 1.21 bits per heavy atom. The molecule has 0 radical (unpaired) electrons. The second kappa shape index (κ2) is 44.9. The van der Waals surface area contributed by atoms with E-state index in [1.165, 1.54) is 161 Å². The van der Waals surface area contributed by atoms with Crippen molar-refractivity contribution in [3.8, 4) is 0 Å². The van der Waals surface area contributed by atoms with Gasteiger partial charge in [0.1, 0.15) is 73.2 Å². The minimum Gasteiger partial charge on any atom is -0.394 e. The highest BCUT2D eigenvalue weighted by atomic mass is 16.8. The second-order valence-corrected chi connectivity index (χ2v) is 23.2. The number of amides is 1. The van der Waals surface area contributed by atoms with E-state index in [4.69, 9.17) is 28.4 Å². The van der Waals surface area contributed by atoms with Crippen LogP contribution < -0.4 is 5.32 Å². The molecule has 0 spiro atoms. The molecule has 17 unspecified atom stereocenters. The van der Waals surface area contributed by atoms with E-state index in [9.17, 15) is 61.0 Å². The number of carbonyl (C=O) groups is 1. The zero-order valence-corrected chi connectivity index (χ0v) is 49.3. The molecule has 19 nitrogen and oxygen atoms in total. The lowest BCUT2D eigenvalue weighted by molar-refractivity contribution is -0.379. The first-order valence-corrected chi connectivity index (χ1v) is 31.9. The topological polar surface area (TPSA) is 307 Å². The van der Waals surface area contributed by atoms with Gasteiger partial charge in [-0.05, 0) is 38.5 Å². The molecule has 17 atom stereocenters. The number of hydrogen-bond acceptors (Lipinski definition) is 18. The van der Waals surface area contributed by atoms with Crippen LogP contribution in [0.5, 0.6) is 0 Å². The van der Waals surface area contributed by atoms with Gasteiger partial charge in [0.25, 0.3) is 0 Å². The Morgan fingerprint density at radius 2 is 0.787 bits per heavy atom. The third kappa shape index (κ3) is 28.2. The Labute approximate surface area is 480 Å². The van der Waals surface area contributed by atoms with Crippen LogP contribution in [-0.2, 0) is 33.2 Å². The fraction of sp³-hybridized carbons (Fsp3) is 0.951. The average molecular weight is 1150 g/mol. The van der Waals surface area contributed by atoms with E-state index in [1.54, 1.807) is 0 Å². The molecule has 0 aromatic heterocycles. The van der Waals surface area contributed by atoms with Crippen molar-refractivity contribution in [3.05, 3.63) is 12.2 Å². The van der Waals surface area contributed by atoms with Crippen molar-refractivity contribution >= 4 is 5.91 Å². The Morgan fingerprint density at radius 1 is 0.438 bits per heavy atom. The van der Waals surface area contributed by atoms with Crippen LogP contribution in [0.4, 0.5) is 0 Å². The summed E-state index contributed by atoms with van der Waals surface area (Å²) in [7, 11) is 0. The first-order chi connectivity index (χ1) is 38.8. The molecule has 3 heterocycles. The number of aliphatic hydroxyl groups excluding tert-OH is 11. The molecule has 12 N–H and O–H groups in total. The third-order valence-corrected chi connectivity index (χ3v) is 16.3. The zero-order valence-electron chi connectivity index (χ0n) is 49.3. The van der Waals surface area contributed by atoms with Gasteiger partial charge in [0.2, 0.25) is 5.91 Å². The van der Waals surface area contributed by atoms with Crippen molar-refractivity contribution in [2.75, 3.05) is 26.4 Å². The van der Waals surface area contributed by atoms with E-state index >= 15 is 0 Å². The van der Waals surface area contributed by atoms with Gasteiger partial charge in [0, 0.05) is 6.42 Å². The maximum Gasteiger partial charge on any atom is 0.220 e. The summed E-state index contributed by atoms with van der Waals surface area (Å²) in [5.41, 5.74) is 0. The van der Waals surface area contributed by atoms with Gasteiger partial charge in [0.05, 0.1) is 38.6 Å². The monoisotopic (exact) mass is 1150 g/mol. The van der Waals surface area contributed by atoms with Crippen LogP contribution in [-0.4, -0.2) is 193 Å². The Kier molecular flexibility index (Phi) is 40.9. The Hall–Kier alpha value is -1.47. The molecule has 0 bridgehead atoms. The van der Waals surface area contributed by atoms with Crippen LogP contribution in [0, 0.1) is 0 Å². The molecule has 1 amide bonds. The minimum atomic E-state index is -1.97. The van der Waals surface area contributed by atoms with Crippen LogP contribution in [0.15, 0.2) is 12.2 Å². The predicted octanol–water partition coefficient (Wildman–Crippen LogP) is 6.55. The van der Waals surface area contributed by atoms with E-state index in [0.717, 1.165) is 44.9 Å². The number of unbranched alkanes of at least 4 members (excludes halogenated alkanes) is 30. The largest absolute Gasteiger partial charge is 0.394 e. The molecule has 3 fully saturated rings. The number of carbonyl (C=O) groups excluding carboxylic acids is 1. The van der Waals surface area contributed by atoms with E-state index in [1.807, 2.05) is 0 Å². The molecule has 3 rings (SSSR count). The van der Waals surface area contributed by atoms with Crippen molar-refractivity contribution in [2.45, 2.75) is 343 Å². The number of nitrogens with one attached hydrogen (secondary N) is 1. The van der Waals surface area contributed by atoms with E-state index < -0.39 is 124 Å². The molecule has 19 heteroatoms. The van der Waals surface area contributed by atoms with Crippen LogP contribution in [0.25, 0.3) is 0 Å². The van der Waals surface area contributed by atoms with Gasteiger partial charge >= 0.3 is 0 Å². The van der Waals surface area contributed by atoms with Gasteiger partial charge in [0.15, 0.2) is 18.9 Å². The number of hydrogen-bond donors (Lipinski definition) is 12. The summed E-state index contributed by atoms with van der Waals surface area (Å²) in [6, 6.07) is -0.882. The highest BCUT2D eigenvalue weighted by molar-refractivity contribution is 5.76. The maximum absolute atomic E-state index is 13.3. The molecule has 3 aliphatic rings. The first-order valence-electron chi connectivity index (χ1n) is 31.9. The molecule has 0 saturated carbocycles. The van der Waals surface area contributed by atoms with E-state index in [2.05, 4.69) is 31.3 Å². The normalized spacial score (nSPS) is 30.0. The van der Waals surface area contributed by atoms with Crippen molar-refractivity contribution < 1.29 is 89.4 Å². The number of allylic oxidation sites excluding steroid dienone is 2. The fourth-order valence-corrected chi connectivity index (χ4v) is 11.1. The van der Waals surface area contributed by atoms with Gasteiger partial charge in [-0.2, -0.15) is 0 Å². The molecule has 3 aliphatic heterocycles. The molecule has 80 heavy (non-hydrogen) atoms. The summed E-state index contributed by atoms with van der Waals surface area (Å²) >= 11 is 0. The summed E-state index contributed by atoms with van der Waals surface area (Å²) in [5.74, 6) is -0.242. The molecule has 0 aromatic carbocycles. The van der Waals surface area contributed by atoms with Gasteiger partial charge in [-0.15, -0.1) is 0 Å². The molecular weight excluding hydrogens is 1030 g/mol. The van der Waals surface area contributed by atoms with Gasteiger partial charge < -0.3 is 89.9 Å². The van der Waals surface area contributed by atoms with Crippen LogP contribution in [0.2, 0.25) is 0 Å². The SMILES string of the molecule is CCCCCCCCCC/C=C\CCCCCCCCCCCCCCCC(=O)NC(COC1OC(CO)C(OC2OC(CO)C(OC3OC(CO)C(O)C(O)C3O)C(O)C2O)C(O)C1O)C(O)CCCCCCCCCCCC. The first kappa shape index (κ1) is 72.8. The smallest absolute Gasteiger partial charge is 0.220 e. The van der Waals surface area contributed by atoms with Crippen LogP contribution in [0.1, 0.15) is 239 Å². The van der Waals surface area contributed by atoms with Crippen LogP contribution in [0.3, 0.4) is 0 Å². The zero-order chi connectivity index (χ0) is 58.3. The average Bonchev–Trinajstić information content (AvgIpc) is 3.47. The lowest BCUT2D eigenvalue weighted by Crippen LogP contribution is -2.66.